The van der Waals surface area contributed by atoms with E-state index in [0.717, 1.165) is 33.1 Å². The number of hydrogen-bond acceptors (Lipinski definition) is 2. The molecule has 23 heavy (non-hydrogen) atoms. The van der Waals surface area contributed by atoms with Crippen LogP contribution in [-0.4, -0.2) is 4.98 Å². The first kappa shape index (κ1) is 13.4. The molecule has 1 heterocycles. The van der Waals surface area contributed by atoms with Crippen molar-refractivity contribution in [3.63, 3.8) is 0 Å². The van der Waals surface area contributed by atoms with Crippen LogP contribution in [0.1, 0.15) is 11.1 Å². The lowest BCUT2D eigenvalue weighted by Crippen LogP contribution is -1.95. The fraction of sp³-hybridized carbons (Fsp3) is 0.0500. The molecule has 3 heteroatoms. The Morgan fingerprint density at radius 3 is 2.48 bits per heavy atom. The van der Waals surface area contributed by atoms with Crippen molar-refractivity contribution in [2.75, 3.05) is 0 Å². The largest absolute Gasteiger partial charge is 0.488 e. The summed E-state index contributed by atoms with van der Waals surface area (Å²) in [5.74, 6) is 0.865. The highest BCUT2D eigenvalue weighted by molar-refractivity contribution is 6.10. The van der Waals surface area contributed by atoms with Gasteiger partial charge in [0.1, 0.15) is 12.4 Å². The molecule has 0 saturated carbocycles. The van der Waals surface area contributed by atoms with Crippen molar-refractivity contribution in [1.82, 2.24) is 4.98 Å². The van der Waals surface area contributed by atoms with Gasteiger partial charge < -0.3 is 9.72 Å². The van der Waals surface area contributed by atoms with Gasteiger partial charge in [0.25, 0.3) is 0 Å². The summed E-state index contributed by atoms with van der Waals surface area (Å²) in [5.41, 5.74) is 3.88. The van der Waals surface area contributed by atoms with Gasteiger partial charge in [-0.3, -0.25) is 0 Å². The van der Waals surface area contributed by atoms with Crippen molar-refractivity contribution >= 4 is 21.8 Å². The highest BCUT2D eigenvalue weighted by Crippen LogP contribution is 2.33. The van der Waals surface area contributed by atoms with Crippen molar-refractivity contribution in [2.24, 2.45) is 0 Å². The minimum Gasteiger partial charge on any atom is -0.488 e. The van der Waals surface area contributed by atoms with Gasteiger partial charge in [0, 0.05) is 16.3 Å². The Kier molecular flexibility index (Phi) is 3.21. The Morgan fingerprint density at radius 2 is 1.65 bits per heavy atom. The number of nitrogens with one attached hydrogen (secondary N) is 1. The number of ether oxygens (including phenoxy) is 1. The molecule has 3 aromatic carbocycles. The highest BCUT2D eigenvalue weighted by Gasteiger charge is 2.09. The van der Waals surface area contributed by atoms with Crippen LogP contribution in [-0.2, 0) is 6.61 Å². The first-order valence-corrected chi connectivity index (χ1v) is 7.46. The SMILES string of the molecule is N#Cc1ccc(COc2cccc3[nH]c4ccccc4c23)cc1. The van der Waals surface area contributed by atoms with E-state index >= 15 is 0 Å². The van der Waals surface area contributed by atoms with Crippen LogP contribution in [0.5, 0.6) is 5.75 Å². The smallest absolute Gasteiger partial charge is 0.129 e. The summed E-state index contributed by atoms with van der Waals surface area (Å²) in [6.45, 7) is 0.477. The first-order chi connectivity index (χ1) is 11.3. The third-order valence-electron chi connectivity index (χ3n) is 3.97. The topological polar surface area (TPSA) is 48.8 Å². The maximum atomic E-state index is 8.85. The normalized spacial score (nSPS) is 10.7. The fourth-order valence-corrected chi connectivity index (χ4v) is 2.83. The van der Waals surface area contributed by atoms with Gasteiger partial charge in [-0.2, -0.15) is 5.26 Å². The van der Waals surface area contributed by atoms with Crippen molar-refractivity contribution < 1.29 is 4.74 Å². The molecule has 0 bridgehead atoms. The zero-order valence-electron chi connectivity index (χ0n) is 12.4. The van der Waals surface area contributed by atoms with Crippen molar-refractivity contribution in [1.29, 1.82) is 5.26 Å². The van der Waals surface area contributed by atoms with E-state index in [2.05, 4.69) is 29.3 Å². The number of rotatable bonds is 3. The van der Waals surface area contributed by atoms with Gasteiger partial charge in [-0.1, -0.05) is 36.4 Å². The summed E-state index contributed by atoms with van der Waals surface area (Å²) < 4.78 is 6.04. The minimum atomic E-state index is 0.477. The second-order valence-corrected chi connectivity index (χ2v) is 5.45. The maximum Gasteiger partial charge on any atom is 0.129 e. The molecule has 0 radical (unpaired) electrons. The molecule has 0 saturated heterocycles. The number of nitrogens with zero attached hydrogens (tertiary/aromatic N) is 1. The number of fused-ring (bicyclic) bond motifs is 3. The number of benzene rings is 3. The van der Waals surface area contributed by atoms with E-state index in [-0.39, 0.29) is 0 Å². The summed E-state index contributed by atoms with van der Waals surface area (Å²) in [6.07, 6.45) is 0. The predicted octanol–water partition coefficient (Wildman–Crippen LogP) is 4.77. The monoisotopic (exact) mass is 298 g/mol. The van der Waals surface area contributed by atoms with Gasteiger partial charge in [-0.15, -0.1) is 0 Å². The van der Waals surface area contributed by atoms with Gasteiger partial charge in [-0.05, 0) is 35.9 Å². The van der Waals surface area contributed by atoms with E-state index in [0.29, 0.717) is 12.2 Å². The van der Waals surface area contributed by atoms with Crippen LogP contribution in [0.15, 0.2) is 66.7 Å². The third kappa shape index (κ3) is 2.41. The van der Waals surface area contributed by atoms with E-state index < -0.39 is 0 Å². The van der Waals surface area contributed by atoms with Crippen LogP contribution in [0.25, 0.3) is 21.8 Å². The second kappa shape index (κ2) is 5.51. The predicted molar refractivity (Wildman–Crippen MR) is 91.3 cm³/mol. The number of aromatic nitrogens is 1. The molecule has 0 aliphatic carbocycles. The van der Waals surface area contributed by atoms with Crippen LogP contribution in [0.3, 0.4) is 0 Å². The minimum absolute atomic E-state index is 0.477. The lowest BCUT2D eigenvalue weighted by Gasteiger charge is -2.08. The van der Waals surface area contributed by atoms with Crippen LogP contribution >= 0.6 is 0 Å². The summed E-state index contributed by atoms with van der Waals surface area (Å²) in [7, 11) is 0. The van der Waals surface area contributed by atoms with Gasteiger partial charge in [0.15, 0.2) is 0 Å². The molecule has 0 spiro atoms. The first-order valence-electron chi connectivity index (χ1n) is 7.46. The Hall–Kier alpha value is -3.25. The van der Waals surface area contributed by atoms with E-state index in [1.165, 1.54) is 0 Å². The van der Waals surface area contributed by atoms with Crippen LogP contribution in [0, 0.1) is 11.3 Å². The third-order valence-corrected chi connectivity index (χ3v) is 3.97. The molecule has 3 nitrogen and oxygen atoms in total. The summed E-state index contributed by atoms with van der Waals surface area (Å²) in [5, 5.41) is 11.1. The average Bonchev–Trinajstić information content (AvgIpc) is 2.99. The van der Waals surface area contributed by atoms with Gasteiger partial charge in [-0.25, -0.2) is 0 Å². The molecule has 0 aliphatic heterocycles. The zero-order chi connectivity index (χ0) is 15.6. The Labute approximate surface area is 133 Å². The van der Waals surface area contributed by atoms with Gasteiger partial charge in [0.05, 0.1) is 17.1 Å². The molecule has 0 unspecified atom stereocenters. The highest BCUT2D eigenvalue weighted by atomic mass is 16.5. The zero-order valence-corrected chi connectivity index (χ0v) is 12.4. The molecule has 110 valence electrons. The number of H-pyrrole nitrogens is 1. The summed E-state index contributed by atoms with van der Waals surface area (Å²) in [6, 6.07) is 23.9. The van der Waals surface area contributed by atoms with Gasteiger partial charge in [0.2, 0.25) is 0 Å². The van der Waals surface area contributed by atoms with E-state index in [1.807, 2.05) is 48.5 Å². The maximum absolute atomic E-state index is 8.85. The molecule has 0 amide bonds. The number of aromatic amines is 1. The van der Waals surface area contributed by atoms with Crippen molar-refractivity contribution in [2.45, 2.75) is 6.61 Å². The molecule has 4 rings (SSSR count). The Bertz CT molecular complexity index is 1020. The van der Waals surface area contributed by atoms with E-state index in [4.69, 9.17) is 10.00 Å². The lowest BCUT2D eigenvalue weighted by atomic mass is 10.1. The average molecular weight is 298 g/mol. The molecule has 1 N–H and O–H groups in total. The number of hydrogen-bond donors (Lipinski definition) is 1. The molecule has 0 aliphatic rings. The molecule has 1 aromatic heterocycles. The number of nitriles is 1. The van der Waals surface area contributed by atoms with E-state index in [9.17, 15) is 0 Å². The van der Waals surface area contributed by atoms with Crippen molar-refractivity contribution in [3.05, 3.63) is 77.9 Å². The molecule has 0 fully saturated rings. The quantitative estimate of drug-likeness (QED) is 0.592. The Balaban J connectivity index is 1.69. The molecule has 4 aromatic rings. The number of para-hydroxylation sites is 1. The van der Waals surface area contributed by atoms with Crippen molar-refractivity contribution in [3.8, 4) is 11.8 Å². The van der Waals surface area contributed by atoms with Crippen LogP contribution in [0.2, 0.25) is 0 Å². The Morgan fingerprint density at radius 1 is 0.870 bits per heavy atom. The van der Waals surface area contributed by atoms with Gasteiger partial charge >= 0.3 is 0 Å². The van der Waals surface area contributed by atoms with Crippen LogP contribution < -0.4 is 4.74 Å². The lowest BCUT2D eigenvalue weighted by molar-refractivity contribution is 0.310. The molecular formula is C20H14N2O. The second-order valence-electron chi connectivity index (χ2n) is 5.45. The molecular weight excluding hydrogens is 284 g/mol. The molecule has 0 atom stereocenters. The van der Waals surface area contributed by atoms with Crippen LogP contribution in [0.4, 0.5) is 0 Å². The summed E-state index contributed by atoms with van der Waals surface area (Å²) >= 11 is 0. The standard InChI is InChI=1S/C20H14N2O/c21-12-14-8-10-15(11-9-14)13-23-19-7-3-6-18-20(19)16-4-1-2-5-17(16)22-18/h1-11,22H,13H2. The summed E-state index contributed by atoms with van der Waals surface area (Å²) in [4.78, 5) is 3.42. The van der Waals surface area contributed by atoms with E-state index in [1.54, 1.807) is 0 Å². The fourth-order valence-electron chi connectivity index (χ4n) is 2.83.